The first kappa shape index (κ1) is 13.7. The van der Waals surface area contributed by atoms with Gasteiger partial charge in [-0.1, -0.05) is 54.6 Å². The van der Waals surface area contributed by atoms with Crippen LogP contribution in [0.1, 0.15) is 0 Å². The molecular formula is C17H12Br2O. The van der Waals surface area contributed by atoms with Gasteiger partial charge in [0.05, 0.1) is 11.6 Å². The zero-order chi connectivity index (χ0) is 14.1. The van der Waals surface area contributed by atoms with E-state index in [1.165, 1.54) is 16.5 Å². The second-order valence-corrected chi connectivity index (χ2v) is 6.03. The Morgan fingerprint density at radius 3 is 2.00 bits per heavy atom. The lowest BCUT2D eigenvalue weighted by Crippen LogP contribution is -1.91. The fraction of sp³-hybridized carbons (Fsp3) is 0.0588. The van der Waals surface area contributed by atoms with Gasteiger partial charge in [-0.15, -0.1) is 0 Å². The second-order valence-electron chi connectivity index (χ2n) is 4.45. The highest BCUT2D eigenvalue weighted by atomic mass is 79.9. The highest BCUT2D eigenvalue weighted by molar-refractivity contribution is 9.13. The Morgan fingerprint density at radius 1 is 0.750 bits per heavy atom. The van der Waals surface area contributed by atoms with Gasteiger partial charge in [-0.2, -0.15) is 0 Å². The van der Waals surface area contributed by atoms with Gasteiger partial charge in [0.2, 0.25) is 0 Å². The molecule has 3 heteroatoms. The molecule has 3 rings (SSSR count). The minimum atomic E-state index is 0.854. The lowest BCUT2D eigenvalue weighted by atomic mass is 9.98. The molecule has 0 N–H and O–H groups in total. The molecule has 3 aromatic rings. The molecule has 0 aromatic heterocycles. The van der Waals surface area contributed by atoms with Crippen LogP contribution in [0.2, 0.25) is 0 Å². The van der Waals surface area contributed by atoms with Crippen molar-refractivity contribution in [2.24, 2.45) is 0 Å². The second kappa shape index (κ2) is 5.58. The summed E-state index contributed by atoms with van der Waals surface area (Å²) in [4.78, 5) is 0. The van der Waals surface area contributed by atoms with E-state index in [1.54, 1.807) is 7.11 Å². The Labute approximate surface area is 134 Å². The molecule has 0 aliphatic carbocycles. The van der Waals surface area contributed by atoms with Crippen molar-refractivity contribution >= 4 is 42.6 Å². The Hall–Kier alpha value is -1.32. The van der Waals surface area contributed by atoms with Crippen LogP contribution in [0.15, 0.2) is 63.5 Å². The van der Waals surface area contributed by atoms with Gasteiger partial charge in [-0.25, -0.2) is 0 Å². The third-order valence-electron chi connectivity index (χ3n) is 3.32. The van der Waals surface area contributed by atoms with E-state index in [9.17, 15) is 0 Å². The van der Waals surface area contributed by atoms with E-state index < -0.39 is 0 Å². The standard InChI is InChI=1S/C17H12Br2O/c1-20-17-13-10-6-5-9-12(13)14(15(18)16(17)19)11-7-3-2-4-8-11/h2-10H,1H3. The van der Waals surface area contributed by atoms with E-state index in [1.807, 2.05) is 12.1 Å². The van der Waals surface area contributed by atoms with E-state index in [2.05, 4.69) is 74.3 Å². The van der Waals surface area contributed by atoms with Crippen LogP contribution in [0.4, 0.5) is 0 Å². The SMILES string of the molecule is COc1c(Br)c(Br)c(-c2ccccc2)c2ccccc12. The van der Waals surface area contributed by atoms with E-state index >= 15 is 0 Å². The van der Waals surface area contributed by atoms with Crippen molar-refractivity contribution in [2.45, 2.75) is 0 Å². The Balaban J connectivity index is 2.47. The largest absolute Gasteiger partial charge is 0.495 e. The van der Waals surface area contributed by atoms with Crippen LogP contribution in [-0.2, 0) is 0 Å². The number of hydrogen-bond donors (Lipinski definition) is 0. The molecule has 0 heterocycles. The third-order valence-corrected chi connectivity index (χ3v) is 5.40. The minimum Gasteiger partial charge on any atom is -0.495 e. The first-order chi connectivity index (χ1) is 9.74. The Morgan fingerprint density at radius 2 is 1.35 bits per heavy atom. The zero-order valence-electron chi connectivity index (χ0n) is 10.9. The van der Waals surface area contributed by atoms with E-state index in [0.29, 0.717) is 0 Å². The maximum absolute atomic E-state index is 5.55. The highest BCUT2D eigenvalue weighted by Gasteiger charge is 2.17. The minimum absolute atomic E-state index is 0.854. The van der Waals surface area contributed by atoms with Gasteiger partial charge in [-0.05, 0) is 42.8 Å². The van der Waals surface area contributed by atoms with Crippen LogP contribution in [0.5, 0.6) is 5.75 Å². The molecule has 1 nitrogen and oxygen atoms in total. The average Bonchev–Trinajstić information content (AvgIpc) is 2.50. The van der Waals surface area contributed by atoms with Crippen LogP contribution in [-0.4, -0.2) is 7.11 Å². The van der Waals surface area contributed by atoms with Crippen molar-refractivity contribution in [1.82, 2.24) is 0 Å². The molecular weight excluding hydrogens is 380 g/mol. The zero-order valence-corrected chi connectivity index (χ0v) is 14.0. The number of methoxy groups -OCH3 is 1. The molecule has 0 atom stereocenters. The quantitative estimate of drug-likeness (QED) is 0.517. The predicted octanol–water partition coefficient (Wildman–Crippen LogP) is 6.04. The summed E-state index contributed by atoms with van der Waals surface area (Å²) in [5.74, 6) is 0.854. The van der Waals surface area contributed by atoms with Crippen molar-refractivity contribution in [1.29, 1.82) is 0 Å². The number of fused-ring (bicyclic) bond motifs is 1. The van der Waals surface area contributed by atoms with Crippen molar-refractivity contribution in [3.63, 3.8) is 0 Å². The lowest BCUT2D eigenvalue weighted by Gasteiger charge is -2.15. The molecule has 0 saturated carbocycles. The van der Waals surface area contributed by atoms with Crippen LogP contribution < -0.4 is 4.74 Å². The molecule has 0 spiro atoms. The summed E-state index contributed by atoms with van der Waals surface area (Å²) in [6, 6.07) is 18.6. The molecule has 0 amide bonds. The van der Waals surface area contributed by atoms with Crippen molar-refractivity contribution in [3.8, 4) is 16.9 Å². The van der Waals surface area contributed by atoms with Gasteiger partial charge in [0.25, 0.3) is 0 Å². The van der Waals surface area contributed by atoms with Crippen molar-refractivity contribution in [2.75, 3.05) is 7.11 Å². The van der Waals surface area contributed by atoms with Crippen LogP contribution >= 0.6 is 31.9 Å². The molecule has 20 heavy (non-hydrogen) atoms. The molecule has 0 aliphatic rings. The number of hydrogen-bond acceptors (Lipinski definition) is 1. The highest BCUT2D eigenvalue weighted by Crippen LogP contribution is 2.46. The molecule has 0 bridgehead atoms. The summed E-state index contributed by atoms with van der Waals surface area (Å²) in [6.45, 7) is 0. The summed E-state index contributed by atoms with van der Waals surface area (Å²) >= 11 is 7.34. The van der Waals surface area contributed by atoms with Crippen molar-refractivity contribution < 1.29 is 4.74 Å². The number of ether oxygens (including phenoxy) is 1. The van der Waals surface area contributed by atoms with Gasteiger partial charge in [0.15, 0.2) is 0 Å². The molecule has 0 aliphatic heterocycles. The van der Waals surface area contributed by atoms with Crippen molar-refractivity contribution in [3.05, 3.63) is 63.5 Å². The van der Waals surface area contributed by atoms with E-state index in [-0.39, 0.29) is 0 Å². The van der Waals surface area contributed by atoms with Gasteiger partial charge < -0.3 is 4.74 Å². The molecule has 3 aromatic carbocycles. The summed E-state index contributed by atoms with van der Waals surface area (Å²) in [6.07, 6.45) is 0. The van der Waals surface area contributed by atoms with Crippen LogP contribution in [0.25, 0.3) is 21.9 Å². The Bertz CT molecular complexity index is 767. The average molecular weight is 392 g/mol. The molecule has 0 saturated heterocycles. The van der Waals surface area contributed by atoms with E-state index in [4.69, 9.17) is 4.74 Å². The fourth-order valence-electron chi connectivity index (χ4n) is 2.43. The summed E-state index contributed by atoms with van der Waals surface area (Å²) < 4.78 is 7.51. The molecule has 0 unspecified atom stereocenters. The number of halogens is 2. The predicted molar refractivity (Wildman–Crippen MR) is 91.3 cm³/mol. The normalized spacial score (nSPS) is 10.8. The summed E-state index contributed by atoms with van der Waals surface area (Å²) in [5.41, 5.74) is 2.35. The monoisotopic (exact) mass is 390 g/mol. The maximum Gasteiger partial charge on any atom is 0.142 e. The first-order valence-corrected chi connectivity index (χ1v) is 7.81. The number of rotatable bonds is 2. The molecule has 0 fully saturated rings. The van der Waals surface area contributed by atoms with Crippen LogP contribution in [0, 0.1) is 0 Å². The maximum atomic E-state index is 5.55. The number of benzene rings is 3. The topological polar surface area (TPSA) is 9.23 Å². The fourth-order valence-corrected chi connectivity index (χ4v) is 3.63. The summed E-state index contributed by atoms with van der Waals surface area (Å²) in [7, 11) is 1.70. The van der Waals surface area contributed by atoms with Gasteiger partial charge >= 0.3 is 0 Å². The van der Waals surface area contributed by atoms with Gasteiger partial charge in [-0.3, -0.25) is 0 Å². The Kier molecular flexibility index (Phi) is 3.81. The third kappa shape index (κ3) is 2.15. The van der Waals surface area contributed by atoms with Gasteiger partial charge in [0, 0.05) is 15.4 Å². The smallest absolute Gasteiger partial charge is 0.142 e. The molecule has 0 radical (unpaired) electrons. The summed E-state index contributed by atoms with van der Waals surface area (Å²) in [5, 5.41) is 2.27. The molecule has 100 valence electrons. The first-order valence-electron chi connectivity index (χ1n) is 6.23. The lowest BCUT2D eigenvalue weighted by molar-refractivity contribution is 0.417. The van der Waals surface area contributed by atoms with Crippen LogP contribution in [0.3, 0.4) is 0 Å². The van der Waals surface area contributed by atoms with E-state index in [0.717, 1.165) is 20.1 Å². The van der Waals surface area contributed by atoms with Gasteiger partial charge in [0.1, 0.15) is 5.75 Å².